The van der Waals surface area contributed by atoms with Crippen LogP contribution in [-0.4, -0.2) is 23.9 Å². The lowest BCUT2D eigenvalue weighted by Crippen LogP contribution is -2.35. The fourth-order valence-electron chi connectivity index (χ4n) is 3.34. The molecule has 0 saturated heterocycles. The number of fused-ring (bicyclic) bond motifs is 1. The van der Waals surface area contributed by atoms with Crippen LogP contribution in [0.4, 0.5) is 0 Å². The van der Waals surface area contributed by atoms with E-state index in [0.717, 1.165) is 22.4 Å². The van der Waals surface area contributed by atoms with Gasteiger partial charge in [0, 0.05) is 24.6 Å². The van der Waals surface area contributed by atoms with E-state index in [1.165, 1.54) is 0 Å². The molecule has 0 N–H and O–H groups in total. The normalized spacial score (nSPS) is 16.4. The van der Waals surface area contributed by atoms with Gasteiger partial charge in [-0.2, -0.15) is 0 Å². The van der Waals surface area contributed by atoms with E-state index in [2.05, 4.69) is 18.2 Å². The number of likely N-dealkylation sites (N-methyl/N-ethyl adjacent to an activating group) is 1. The Balaban J connectivity index is 2.16. The zero-order chi connectivity index (χ0) is 17.1. The maximum absolute atomic E-state index is 13.2. The highest BCUT2D eigenvalue weighted by molar-refractivity contribution is 5.97. The van der Waals surface area contributed by atoms with E-state index < -0.39 is 0 Å². The lowest BCUT2D eigenvalue weighted by atomic mass is 9.81. The van der Waals surface area contributed by atoms with Crippen LogP contribution < -0.4 is 4.74 Å². The van der Waals surface area contributed by atoms with Gasteiger partial charge in [-0.3, -0.25) is 4.79 Å². The molecule has 3 heteroatoms. The quantitative estimate of drug-likeness (QED) is 0.837. The van der Waals surface area contributed by atoms with Crippen molar-refractivity contribution < 1.29 is 9.53 Å². The number of rotatable bonds is 4. The molecule has 1 amide bonds. The zero-order valence-corrected chi connectivity index (χ0v) is 14.5. The van der Waals surface area contributed by atoms with Crippen molar-refractivity contribution >= 4 is 5.91 Å². The zero-order valence-electron chi connectivity index (χ0n) is 14.5. The standard InChI is InChI=1S/C21H23NO2/c1-4-22(5-2)21(23)19-15(3)24-18-14-10-9-13-17(18)20(19)16-11-7-6-8-12-16/h6-14,20H,4-5H2,1-3H3. The first-order valence-electron chi connectivity index (χ1n) is 8.49. The molecule has 0 saturated carbocycles. The van der Waals surface area contributed by atoms with Gasteiger partial charge in [0.1, 0.15) is 11.5 Å². The van der Waals surface area contributed by atoms with E-state index >= 15 is 0 Å². The Hall–Kier alpha value is -2.55. The van der Waals surface area contributed by atoms with E-state index in [-0.39, 0.29) is 11.8 Å². The molecule has 1 aliphatic heterocycles. The SMILES string of the molecule is CCN(CC)C(=O)C1=C(C)Oc2ccccc2C1c1ccccc1. The summed E-state index contributed by atoms with van der Waals surface area (Å²) in [6.45, 7) is 7.28. The molecule has 0 aliphatic carbocycles. The van der Waals surface area contributed by atoms with Crippen LogP contribution in [0.3, 0.4) is 0 Å². The second-order valence-electron chi connectivity index (χ2n) is 5.93. The minimum atomic E-state index is -0.0933. The van der Waals surface area contributed by atoms with Crippen molar-refractivity contribution in [1.29, 1.82) is 0 Å². The molecule has 0 bridgehead atoms. The van der Waals surface area contributed by atoms with Crippen molar-refractivity contribution in [2.24, 2.45) is 0 Å². The van der Waals surface area contributed by atoms with Crippen LogP contribution in [0.2, 0.25) is 0 Å². The first-order valence-corrected chi connectivity index (χ1v) is 8.49. The summed E-state index contributed by atoms with van der Waals surface area (Å²) in [5.74, 6) is 1.49. The summed E-state index contributed by atoms with van der Waals surface area (Å²) in [6, 6.07) is 18.2. The average Bonchev–Trinajstić information content (AvgIpc) is 2.62. The van der Waals surface area contributed by atoms with Crippen LogP contribution in [0, 0.1) is 0 Å². The molecule has 1 heterocycles. The molecule has 1 atom stereocenters. The number of para-hydroxylation sites is 1. The molecular weight excluding hydrogens is 298 g/mol. The van der Waals surface area contributed by atoms with Gasteiger partial charge in [-0.05, 0) is 32.4 Å². The van der Waals surface area contributed by atoms with Crippen LogP contribution in [0.25, 0.3) is 0 Å². The summed E-state index contributed by atoms with van der Waals surface area (Å²) in [6.07, 6.45) is 0. The molecule has 0 spiro atoms. The van der Waals surface area contributed by atoms with Crippen molar-refractivity contribution in [2.45, 2.75) is 26.7 Å². The summed E-state index contributed by atoms with van der Waals surface area (Å²) in [5.41, 5.74) is 2.90. The smallest absolute Gasteiger partial charge is 0.254 e. The molecule has 0 aromatic heterocycles. The first-order chi connectivity index (χ1) is 11.7. The monoisotopic (exact) mass is 321 g/mol. The number of hydrogen-bond donors (Lipinski definition) is 0. The minimum absolute atomic E-state index is 0.0563. The van der Waals surface area contributed by atoms with Gasteiger partial charge in [-0.15, -0.1) is 0 Å². The van der Waals surface area contributed by atoms with Crippen molar-refractivity contribution in [3.05, 3.63) is 77.1 Å². The number of hydrogen-bond acceptors (Lipinski definition) is 2. The van der Waals surface area contributed by atoms with Crippen molar-refractivity contribution in [1.82, 2.24) is 4.90 Å². The third kappa shape index (κ3) is 2.82. The van der Waals surface area contributed by atoms with Crippen LogP contribution >= 0.6 is 0 Å². The minimum Gasteiger partial charge on any atom is -0.461 e. The van der Waals surface area contributed by atoms with Crippen molar-refractivity contribution in [3.8, 4) is 5.75 Å². The Morgan fingerprint density at radius 1 is 1.00 bits per heavy atom. The molecule has 1 unspecified atom stereocenters. The van der Waals surface area contributed by atoms with Gasteiger partial charge < -0.3 is 9.64 Å². The van der Waals surface area contributed by atoms with Crippen LogP contribution in [0.5, 0.6) is 5.75 Å². The van der Waals surface area contributed by atoms with E-state index in [1.54, 1.807) is 0 Å². The van der Waals surface area contributed by atoms with E-state index in [9.17, 15) is 4.79 Å². The molecule has 3 rings (SSSR count). The van der Waals surface area contributed by atoms with Gasteiger partial charge in [0.15, 0.2) is 0 Å². The van der Waals surface area contributed by atoms with Crippen LogP contribution in [0.1, 0.15) is 37.8 Å². The fraction of sp³-hybridized carbons (Fsp3) is 0.286. The molecular formula is C21H23NO2. The molecule has 2 aromatic carbocycles. The van der Waals surface area contributed by atoms with Gasteiger partial charge in [0.05, 0.1) is 5.57 Å². The second kappa shape index (κ2) is 6.91. The number of nitrogens with zero attached hydrogens (tertiary/aromatic N) is 1. The maximum atomic E-state index is 13.2. The highest BCUT2D eigenvalue weighted by atomic mass is 16.5. The lowest BCUT2D eigenvalue weighted by Gasteiger charge is -2.32. The maximum Gasteiger partial charge on any atom is 0.254 e. The largest absolute Gasteiger partial charge is 0.461 e. The predicted molar refractivity (Wildman–Crippen MR) is 96.0 cm³/mol. The first kappa shape index (κ1) is 16.3. The van der Waals surface area contributed by atoms with Gasteiger partial charge in [0.2, 0.25) is 0 Å². The average molecular weight is 321 g/mol. The predicted octanol–water partition coefficient (Wildman–Crippen LogP) is 4.35. The van der Waals surface area contributed by atoms with Crippen LogP contribution in [-0.2, 0) is 4.79 Å². The third-order valence-corrected chi connectivity index (χ3v) is 4.58. The topological polar surface area (TPSA) is 29.5 Å². The van der Waals surface area contributed by atoms with Crippen LogP contribution in [0.15, 0.2) is 65.9 Å². The number of ether oxygens (including phenoxy) is 1. The molecule has 1 aliphatic rings. The Kier molecular flexibility index (Phi) is 4.70. The molecule has 2 aromatic rings. The highest BCUT2D eigenvalue weighted by Crippen LogP contribution is 2.43. The Bertz CT molecular complexity index is 760. The summed E-state index contributed by atoms with van der Waals surface area (Å²) >= 11 is 0. The molecule has 124 valence electrons. The highest BCUT2D eigenvalue weighted by Gasteiger charge is 2.34. The number of carbonyl (C=O) groups excluding carboxylic acids is 1. The summed E-state index contributed by atoms with van der Waals surface area (Å²) in [4.78, 5) is 15.0. The molecule has 24 heavy (non-hydrogen) atoms. The number of carbonyl (C=O) groups is 1. The van der Waals surface area contributed by atoms with Gasteiger partial charge in [0.25, 0.3) is 5.91 Å². The van der Waals surface area contributed by atoms with Gasteiger partial charge in [-0.1, -0.05) is 48.5 Å². The summed E-state index contributed by atoms with van der Waals surface area (Å²) in [7, 11) is 0. The number of allylic oxidation sites excluding steroid dienone is 1. The van der Waals surface area contributed by atoms with Crippen molar-refractivity contribution in [2.75, 3.05) is 13.1 Å². The lowest BCUT2D eigenvalue weighted by molar-refractivity contribution is -0.127. The van der Waals surface area contributed by atoms with E-state index in [4.69, 9.17) is 4.74 Å². The van der Waals surface area contributed by atoms with Gasteiger partial charge >= 0.3 is 0 Å². The number of amides is 1. The number of benzene rings is 2. The van der Waals surface area contributed by atoms with Crippen molar-refractivity contribution in [3.63, 3.8) is 0 Å². The summed E-state index contributed by atoms with van der Waals surface area (Å²) in [5, 5.41) is 0. The third-order valence-electron chi connectivity index (χ3n) is 4.58. The Morgan fingerprint density at radius 2 is 1.62 bits per heavy atom. The van der Waals surface area contributed by atoms with Gasteiger partial charge in [-0.25, -0.2) is 0 Å². The molecule has 0 fully saturated rings. The Labute approximate surface area is 143 Å². The van der Waals surface area contributed by atoms with E-state index in [1.807, 2.05) is 62.1 Å². The summed E-state index contributed by atoms with van der Waals surface area (Å²) < 4.78 is 5.99. The fourth-order valence-corrected chi connectivity index (χ4v) is 3.34. The van der Waals surface area contributed by atoms with E-state index in [0.29, 0.717) is 18.8 Å². The molecule has 3 nitrogen and oxygen atoms in total. The second-order valence-corrected chi connectivity index (χ2v) is 5.93. The molecule has 0 radical (unpaired) electrons. The Morgan fingerprint density at radius 3 is 2.29 bits per heavy atom.